The van der Waals surface area contributed by atoms with E-state index in [2.05, 4.69) is 17.9 Å². The van der Waals surface area contributed by atoms with Gasteiger partial charge in [0.25, 0.3) is 0 Å². The summed E-state index contributed by atoms with van der Waals surface area (Å²) in [5, 5.41) is 12.2. The monoisotopic (exact) mass is 313 g/mol. The third-order valence-corrected chi connectivity index (χ3v) is 4.24. The van der Waals surface area contributed by atoms with Crippen LogP contribution in [0.15, 0.2) is 30.3 Å². The number of carbonyl (C=O) groups excluding carboxylic acids is 1. The molecule has 0 aromatic heterocycles. The summed E-state index contributed by atoms with van der Waals surface area (Å²) in [6.45, 7) is -0.0169. The van der Waals surface area contributed by atoms with E-state index >= 15 is 0 Å². The third-order valence-electron chi connectivity index (χ3n) is 3.15. The Labute approximate surface area is 130 Å². The molecule has 0 saturated carbocycles. The molecule has 3 nitrogen and oxygen atoms in total. The average Bonchev–Trinajstić information content (AvgIpc) is 2.49. The molecular formula is C15H23NO2S2. The van der Waals surface area contributed by atoms with Crippen molar-refractivity contribution in [1.82, 2.24) is 5.32 Å². The van der Waals surface area contributed by atoms with Gasteiger partial charge in [-0.25, -0.2) is 0 Å². The van der Waals surface area contributed by atoms with Crippen molar-refractivity contribution in [3.63, 3.8) is 0 Å². The van der Waals surface area contributed by atoms with Crippen molar-refractivity contribution < 1.29 is 9.90 Å². The smallest absolute Gasteiger partial charge is 0.224 e. The van der Waals surface area contributed by atoms with Crippen molar-refractivity contribution in [2.75, 3.05) is 24.4 Å². The zero-order valence-electron chi connectivity index (χ0n) is 11.8. The maximum absolute atomic E-state index is 12.2. The highest BCUT2D eigenvalue weighted by molar-refractivity contribution is 7.98. The first-order valence-corrected chi connectivity index (χ1v) is 8.78. The zero-order valence-corrected chi connectivity index (χ0v) is 13.5. The Morgan fingerprint density at radius 2 is 2.10 bits per heavy atom. The van der Waals surface area contributed by atoms with Gasteiger partial charge < -0.3 is 10.4 Å². The number of hydrogen-bond donors (Lipinski definition) is 3. The van der Waals surface area contributed by atoms with E-state index in [1.54, 1.807) is 11.8 Å². The Bertz CT molecular complexity index is 387. The van der Waals surface area contributed by atoms with Gasteiger partial charge in [0.05, 0.1) is 18.6 Å². The largest absolute Gasteiger partial charge is 0.394 e. The first-order valence-electron chi connectivity index (χ1n) is 6.76. The number of nitrogens with one attached hydrogen (secondary N) is 1. The molecule has 1 rings (SSSR count). The summed E-state index contributed by atoms with van der Waals surface area (Å²) in [5.74, 6) is 1.24. The van der Waals surface area contributed by atoms with Gasteiger partial charge in [-0.3, -0.25) is 4.79 Å². The van der Waals surface area contributed by atoms with Gasteiger partial charge in [-0.2, -0.15) is 24.4 Å². The molecular weight excluding hydrogens is 290 g/mol. The van der Waals surface area contributed by atoms with E-state index in [9.17, 15) is 9.90 Å². The Balaban J connectivity index is 2.53. The number of thiol groups is 1. The lowest BCUT2D eigenvalue weighted by atomic mass is 9.99. The predicted molar refractivity (Wildman–Crippen MR) is 89.5 cm³/mol. The van der Waals surface area contributed by atoms with E-state index in [1.165, 1.54) is 0 Å². The Kier molecular flexibility index (Phi) is 8.82. The number of aliphatic hydroxyl groups excluding tert-OH is 1. The summed E-state index contributed by atoms with van der Waals surface area (Å²) in [4.78, 5) is 12.2. The van der Waals surface area contributed by atoms with Gasteiger partial charge in [0, 0.05) is 5.75 Å². The first-order chi connectivity index (χ1) is 9.71. The Morgan fingerprint density at radius 1 is 1.40 bits per heavy atom. The quantitative estimate of drug-likeness (QED) is 0.611. The van der Waals surface area contributed by atoms with Gasteiger partial charge in [-0.1, -0.05) is 30.3 Å². The second-order valence-corrected chi connectivity index (χ2v) is 6.09. The van der Waals surface area contributed by atoms with Crippen LogP contribution in [0.3, 0.4) is 0 Å². The molecule has 112 valence electrons. The summed E-state index contributed by atoms with van der Waals surface area (Å²) < 4.78 is 0. The van der Waals surface area contributed by atoms with Crippen molar-refractivity contribution in [3.8, 4) is 0 Å². The zero-order chi connectivity index (χ0) is 14.8. The van der Waals surface area contributed by atoms with E-state index in [0.717, 1.165) is 17.7 Å². The SMILES string of the molecule is CSCC[C@@H](CO)NC(=O)[C@H](CS)Cc1ccccc1. The molecule has 0 aliphatic heterocycles. The van der Waals surface area contributed by atoms with Crippen LogP contribution in [0.1, 0.15) is 12.0 Å². The fourth-order valence-electron chi connectivity index (χ4n) is 1.93. The van der Waals surface area contributed by atoms with E-state index in [1.807, 2.05) is 36.6 Å². The highest BCUT2D eigenvalue weighted by Gasteiger charge is 2.20. The lowest BCUT2D eigenvalue weighted by Gasteiger charge is -2.20. The molecule has 5 heteroatoms. The minimum atomic E-state index is -0.163. The summed E-state index contributed by atoms with van der Waals surface area (Å²) in [5.41, 5.74) is 1.13. The van der Waals surface area contributed by atoms with Crippen LogP contribution in [0, 0.1) is 5.92 Å². The van der Waals surface area contributed by atoms with E-state index < -0.39 is 0 Å². The maximum Gasteiger partial charge on any atom is 0.224 e. The first kappa shape index (κ1) is 17.4. The van der Waals surface area contributed by atoms with Crippen molar-refractivity contribution in [2.24, 2.45) is 5.92 Å². The average molecular weight is 313 g/mol. The summed E-state index contributed by atoms with van der Waals surface area (Å²) in [6.07, 6.45) is 3.48. The third kappa shape index (κ3) is 6.20. The molecule has 2 N–H and O–H groups in total. The molecule has 0 spiro atoms. The molecule has 0 aliphatic rings. The second kappa shape index (κ2) is 10.1. The number of carbonyl (C=O) groups is 1. The van der Waals surface area contributed by atoms with Gasteiger partial charge in [0.1, 0.15) is 0 Å². The van der Waals surface area contributed by atoms with Crippen LogP contribution >= 0.6 is 24.4 Å². The minimum absolute atomic E-state index is 0.0169. The van der Waals surface area contributed by atoms with Crippen LogP contribution in [-0.4, -0.2) is 41.4 Å². The fourth-order valence-corrected chi connectivity index (χ4v) is 2.74. The summed E-state index contributed by atoms with van der Waals surface area (Å²) in [7, 11) is 0. The fraction of sp³-hybridized carbons (Fsp3) is 0.533. The van der Waals surface area contributed by atoms with Gasteiger partial charge in [0.15, 0.2) is 0 Å². The standard InChI is InChI=1S/C15H23NO2S2/c1-20-8-7-14(10-17)16-15(18)13(11-19)9-12-5-3-2-4-6-12/h2-6,13-14,17,19H,7-11H2,1H3,(H,16,18)/t13-,14-/m0/s1. The van der Waals surface area contributed by atoms with Gasteiger partial charge in [-0.15, -0.1) is 0 Å². The predicted octanol–water partition coefficient (Wildman–Crippen LogP) is 2.01. The minimum Gasteiger partial charge on any atom is -0.394 e. The molecule has 20 heavy (non-hydrogen) atoms. The highest BCUT2D eigenvalue weighted by Crippen LogP contribution is 2.11. The molecule has 1 amide bonds. The topological polar surface area (TPSA) is 49.3 Å². The van der Waals surface area contributed by atoms with Crippen LogP contribution < -0.4 is 5.32 Å². The molecule has 1 aromatic rings. The lowest BCUT2D eigenvalue weighted by Crippen LogP contribution is -2.42. The van der Waals surface area contributed by atoms with Crippen molar-refractivity contribution in [1.29, 1.82) is 0 Å². The van der Waals surface area contributed by atoms with Gasteiger partial charge in [-0.05, 0) is 30.4 Å². The summed E-state index contributed by atoms with van der Waals surface area (Å²) >= 11 is 5.99. The van der Waals surface area contributed by atoms with Crippen LogP contribution in [0.25, 0.3) is 0 Å². The number of amides is 1. The molecule has 0 aliphatic carbocycles. The van der Waals surface area contributed by atoms with Gasteiger partial charge in [0.2, 0.25) is 5.91 Å². The van der Waals surface area contributed by atoms with Crippen molar-refractivity contribution >= 4 is 30.3 Å². The van der Waals surface area contributed by atoms with E-state index in [4.69, 9.17) is 0 Å². The molecule has 0 unspecified atom stereocenters. The number of benzene rings is 1. The molecule has 0 fully saturated rings. The number of aliphatic hydroxyl groups is 1. The van der Waals surface area contributed by atoms with Crippen LogP contribution in [0.5, 0.6) is 0 Å². The lowest BCUT2D eigenvalue weighted by molar-refractivity contribution is -0.125. The van der Waals surface area contributed by atoms with Crippen molar-refractivity contribution in [2.45, 2.75) is 18.9 Å². The molecule has 0 heterocycles. The summed E-state index contributed by atoms with van der Waals surface area (Å²) in [6, 6.07) is 9.77. The van der Waals surface area contributed by atoms with E-state index in [-0.39, 0.29) is 24.5 Å². The van der Waals surface area contributed by atoms with Crippen LogP contribution in [0.4, 0.5) is 0 Å². The Hall–Kier alpha value is -0.650. The maximum atomic E-state index is 12.2. The molecule has 0 bridgehead atoms. The van der Waals surface area contributed by atoms with Crippen LogP contribution in [-0.2, 0) is 11.2 Å². The van der Waals surface area contributed by atoms with Crippen molar-refractivity contribution in [3.05, 3.63) is 35.9 Å². The molecule has 0 saturated heterocycles. The molecule has 0 radical (unpaired) electrons. The molecule has 2 atom stereocenters. The normalized spacial score (nSPS) is 13.8. The number of rotatable bonds is 9. The molecule has 1 aromatic carbocycles. The Morgan fingerprint density at radius 3 is 2.65 bits per heavy atom. The second-order valence-electron chi connectivity index (χ2n) is 4.74. The van der Waals surface area contributed by atoms with Crippen LogP contribution in [0.2, 0.25) is 0 Å². The van der Waals surface area contributed by atoms with Gasteiger partial charge >= 0.3 is 0 Å². The number of thioether (sulfide) groups is 1. The van der Waals surface area contributed by atoms with E-state index in [0.29, 0.717) is 12.2 Å². The highest BCUT2D eigenvalue weighted by atomic mass is 32.2. The number of hydrogen-bond acceptors (Lipinski definition) is 4.